The summed E-state index contributed by atoms with van der Waals surface area (Å²) in [6.45, 7) is 14.9. The molecule has 60 heavy (non-hydrogen) atoms. The van der Waals surface area contributed by atoms with E-state index in [0.29, 0.717) is 43.3 Å². The van der Waals surface area contributed by atoms with E-state index in [1.54, 1.807) is 72.7 Å². The molecule has 6 N–H and O–H groups in total. The van der Waals surface area contributed by atoms with E-state index in [1.807, 2.05) is 11.9 Å². The SMILES string of the molecule is C=Nc1cc(C(N)=O)cc(OC)c1N(C/C=C/CNc1c(OC/C=C/CN2CCCN2C(=O)OC(C)(C)C)cc(C(N)=O)cc1[N+](=O)[O-])CNC(=O)c1cc(C)nn1CC. The highest BCUT2D eigenvalue weighted by molar-refractivity contribution is 5.97. The van der Waals surface area contributed by atoms with Crippen molar-refractivity contribution in [1.82, 2.24) is 25.1 Å². The number of hydrogen-bond acceptors (Lipinski definition) is 14. The summed E-state index contributed by atoms with van der Waals surface area (Å²) in [5, 5.41) is 25.9. The van der Waals surface area contributed by atoms with Crippen LogP contribution in [-0.4, -0.2) is 114 Å². The van der Waals surface area contributed by atoms with Crippen LogP contribution in [0.2, 0.25) is 0 Å². The van der Waals surface area contributed by atoms with Gasteiger partial charge in [0.15, 0.2) is 11.4 Å². The Kier molecular flexibility index (Phi) is 15.7. The van der Waals surface area contributed by atoms with Gasteiger partial charge in [0.25, 0.3) is 11.6 Å². The molecule has 1 aromatic heterocycles. The number of anilines is 2. The molecule has 0 atom stereocenters. The summed E-state index contributed by atoms with van der Waals surface area (Å²) in [5.41, 5.74) is 11.7. The predicted molar refractivity (Wildman–Crippen MR) is 226 cm³/mol. The molecule has 1 fully saturated rings. The molecule has 2 aromatic carbocycles. The Morgan fingerprint density at radius 2 is 1.73 bits per heavy atom. The van der Waals surface area contributed by atoms with Gasteiger partial charge < -0.3 is 41.2 Å². The molecule has 1 aliphatic rings. The van der Waals surface area contributed by atoms with Gasteiger partial charge in [-0.3, -0.25) is 34.2 Å². The second kappa shape index (κ2) is 20.6. The zero-order valence-electron chi connectivity index (χ0n) is 34.7. The lowest BCUT2D eigenvalue weighted by Crippen LogP contribution is -2.44. The third-order valence-corrected chi connectivity index (χ3v) is 8.91. The predicted octanol–water partition coefficient (Wildman–Crippen LogP) is 4.31. The van der Waals surface area contributed by atoms with E-state index >= 15 is 0 Å². The number of amides is 4. The quantitative estimate of drug-likeness (QED) is 0.0408. The molecule has 0 spiro atoms. The van der Waals surface area contributed by atoms with E-state index in [4.69, 9.17) is 25.7 Å². The molecule has 0 aliphatic carbocycles. The first kappa shape index (κ1) is 45.7. The standard InChI is InChI=1S/C40H53N11O9/c1-8-49-31(20-26(2)46-49)38(54)45-25-47(35-29(43-6)21-27(36(41)52)24-33(35)58-7)15-10-9-14-44-34-30(51(56)57)22-28(37(42)53)23-32(34)59-19-12-11-16-48-17-13-18-50(48)39(55)60-40(3,4)5/h9-12,20-24,44H,6,8,13-19,25H2,1-5,7H3,(H2,41,52)(H2,42,53)(H,45,54)/b10-9+,12-11+. The Hall–Kier alpha value is -6.96. The van der Waals surface area contributed by atoms with Gasteiger partial charge in [-0.2, -0.15) is 5.10 Å². The summed E-state index contributed by atoms with van der Waals surface area (Å²) in [4.78, 5) is 67.6. The van der Waals surface area contributed by atoms with Crippen LogP contribution in [0.1, 0.15) is 71.0 Å². The Morgan fingerprint density at radius 3 is 2.37 bits per heavy atom. The van der Waals surface area contributed by atoms with E-state index < -0.39 is 34.1 Å². The van der Waals surface area contributed by atoms with Crippen LogP contribution in [0.15, 0.2) is 59.6 Å². The van der Waals surface area contributed by atoms with E-state index in [-0.39, 0.29) is 66.3 Å². The third-order valence-electron chi connectivity index (χ3n) is 8.91. The van der Waals surface area contributed by atoms with Gasteiger partial charge in [-0.1, -0.05) is 24.3 Å². The highest BCUT2D eigenvalue weighted by Crippen LogP contribution is 2.39. The van der Waals surface area contributed by atoms with E-state index in [1.165, 1.54) is 25.3 Å². The molecule has 20 heteroatoms. The number of ether oxygens (including phenoxy) is 3. The lowest BCUT2D eigenvalue weighted by atomic mass is 10.1. The lowest BCUT2D eigenvalue weighted by Gasteiger charge is -2.29. The van der Waals surface area contributed by atoms with Gasteiger partial charge in [0.05, 0.1) is 30.1 Å². The molecule has 322 valence electrons. The van der Waals surface area contributed by atoms with Gasteiger partial charge in [0, 0.05) is 56.5 Å². The number of hydrazine groups is 1. The first-order chi connectivity index (χ1) is 28.5. The van der Waals surface area contributed by atoms with Crippen LogP contribution < -0.4 is 36.5 Å². The number of primary amides is 2. The highest BCUT2D eigenvalue weighted by atomic mass is 16.6. The number of nitrogens with two attached hydrogens (primary N) is 2. The average Bonchev–Trinajstić information content (AvgIpc) is 3.83. The maximum absolute atomic E-state index is 13.3. The number of aromatic nitrogens is 2. The number of hydrogen-bond donors (Lipinski definition) is 4. The van der Waals surface area contributed by atoms with Crippen LogP contribution >= 0.6 is 0 Å². The molecule has 20 nitrogen and oxygen atoms in total. The van der Waals surface area contributed by atoms with Crippen LogP contribution in [0.25, 0.3) is 0 Å². The molecule has 4 amide bonds. The van der Waals surface area contributed by atoms with Gasteiger partial charge in [0.1, 0.15) is 29.3 Å². The molecule has 1 aliphatic heterocycles. The lowest BCUT2D eigenvalue weighted by molar-refractivity contribution is -0.384. The number of nitro benzene ring substituents is 1. The van der Waals surface area contributed by atoms with Crippen molar-refractivity contribution in [3.05, 3.63) is 87.3 Å². The average molecular weight is 832 g/mol. The van der Waals surface area contributed by atoms with Crippen molar-refractivity contribution in [1.29, 1.82) is 0 Å². The van der Waals surface area contributed by atoms with Gasteiger partial charge in [-0.15, -0.1) is 0 Å². The number of nitro groups is 1. The fourth-order valence-electron chi connectivity index (χ4n) is 6.19. The van der Waals surface area contributed by atoms with E-state index in [2.05, 4.69) is 27.4 Å². The van der Waals surface area contributed by atoms with Gasteiger partial charge >= 0.3 is 6.09 Å². The van der Waals surface area contributed by atoms with E-state index in [0.717, 1.165) is 12.5 Å². The van der Waals surface area contributed by atoms with Crippen molar-refractivity contribution in [2.75, 3.05) is 63.3 Å². The Bertz CT molecular complexity index is 2140. The highest BCUT2D eigenvalue weighted by Gasteiger charge is 2.30. The number of carbonyl (C=O) groups is 4. The van der Waals surface area contributed by atoms with Crippen LogP contribution in [0, 0.1) is 17.0 Å². The number of aryl methyl sites for hydroxylation is 2. The monoisotopic (exact) mass is 831 g/mol. The van der Waals surface area contributed by atoms with Gasteiger partial charge in [0.2, 0.25) is 11.8 Å². The smallest absolute Gasteiger partial charge is 0.424 e. The number of methoxy groups -OCH3 is 1. The van der Waals surface area contributed by atoms with Crippen molar-refractivity contribution in [3.8, 4) is 11.5 Å². The second-order valence-electron chi connectivity index (χ2n) is 14.4. The summed E-state index contributed by atoms with van der Waals surface area (Å²) in [7, 11) is 1.41. The fourth-order valence-corrected chi connectivity index (χ4v) is 6.19. The number of rotatable bonds is 20. The minimum atomic E-state index is -0.879. The molecule has 3 aromatic rings. The van der Waals surface area contributed by atoms with Crippen molar-refractivity contribution in [2.45, 2.75) is 53.2 Å². The molecule has 1 saturated heterocycles. The van der Waals surface area contributed by atoms with Gasteiger partial charge in [-0.25, -0.2) is 14.8 Å². The molecule has 0 radical (unpaired) electrons. The summed E-state index contributed by atoms with van der Waals surface area (Å²) in [6.07, 6.45) is 7.26. The number of nitrogens with zero attached hydrogens (tertiary/aromatic N) is 7. The Morgan fingerprint density at radius 1 is 1.03 bits per heavy atom. The summed E-state index contributed by atoms with van der Waals surface area (Å²) < 4.78 is 18.6. The first-order valence-electron chi connectivity index (χ1n) is 19.1. The maximum atomic E-state index is 13.3. The van der Waals surface area contributed by atoms with Crippen LogP contribution in [-0.2, 0) is 11.3 Å². The second-order valence-corrected chi connectivity index (χ2v) is 14.4. The maximum Gasteiger partial charge on any atom is 0.424 e. The summed E-state index contributed by atoms with van der Waals surface area (Å²) in [6, 6.07) is 6.98. The fraction of sp³-hybridized carbons (Fsp3) is 0.400. The summed E-state index contributed by atoms with van der Waals surface area (Å²) in [5.74, 6) is -1.72. The minimum absolute atomic E-state index is 0.00694. The minimum Gasteiger partial charge on any atom is -0.494 e. The number of aliphatic imine (C=N–C) groups is 1. The van der Waals surface area contributed by atoms with Crippen LogP contribution in [0.4, 0.5) is 27.5 Å². The largest absolute Gasteiger partial charge is 0.494 e. The topological polar surface area (TPSA) is 255 Å². The molecular weight excluding hydrogens is 779 g/mol. The van der Waals surface area contributed by atoms with Crippen molar-refractivity contribution < 1.29 is 38.3 Å². The Labute approximate surface area is 347 Å². The van der Waals surface area contributed by atoms with Crippen molar-refractivity contribution >= 4 is 53.3 Å². The molecular formula is C40H53N11O9. The molecule has 0 saturated carbocycles. The van der Waals surface area contributed by atoms with Gasteiger partial charge in [-0.05, 0) is 72.0 Å². The summed E-state index contributed by atoms with van der Waals surface area (Å²) >= 11 is 0. The zero-order valence-corrected chi connectivity index (χ0v) is 34.7. The Balaban J connectivity index is 1.53. The third kappa shape index (κ3) is 12.0. The molecule has 4 rings (SSSR count). The molecule has 0 bridgehead atoms. The van der Waals surface area contributed by atoms with Crippen LogP contribution in [0.5, 0.6) is 11.5 Å². The molecule has 0 unspecified atom stereocenters. The van der Waals surface area contributed by atoms with Crippen LogP contribution in [0.3, 0.4) is 0 Å². The normalized spacial score (nSPS) is 13.1. The zero-order chi connectivity index (χ0) is 44.1. The van der Waals surface area contributed by atoms with Crippen molar-refractivity contribution in [3.63, 3.8) is 0 Å². The number of carbonyl (C=O) groups excluding carboxylic acids is 4. The number of benzene rings is 2. The first-order valence-corrected chi connectivity index (χ1v) is 19.1. The van der Waals surface area contributed by atoms with Crippen molar-refractivity contribution in [2.24, 2.45) is 16.5 Å². The van der Waals surface area contributed by atoms with E-state index in [9.17, 15) is 29.3 Å². The number of nitrogens with one attached hydrogen (secondary N) is 2. The molecule has 2 heterocycles.